The fourth-order valence-electron chi connectivity index (χ4n) is 3.14. The molecule has 0 spiro atoms. The van der Waals surface area contributed by atoms with E-state index in [1.807, 2.05) is 0 Å². The molecule has 2 aliphatic rings. The van der Waals surface area contributed by atoms with Gasteiger partial charge in [0.05, 0.1) is 13.2 Å². The second-order valence-corrected chi connectivity index (χ2v) is 5.18. The van der Waals surface area contributed by atoms with Crippen molar-refractivity contribution in [3.63, 3.8) is 0 Å². The molecule has 0 radical (unpaired) electrons. The van der Waals surface area contributed by atoms with Crippen LogP contribution in [0.5, 0.6) is 0 Å². The maximum absolute atomic E-state index is 11.5. The number of ether oxygens (including phenoxy) is 1. The lowest BCUT2D eigenvalue weighted by atomic mass is 9.90. The minimum Gasteiger partial charge on any atom is -0.480 e. The zero-order chi connectivity index (χ0) is 12.1. The minimum atomic E-state index is -0.640. The molecule has 0 aromatic carbocycles. The molecule has 0 bridgehead atoms. The summed E-state index contributed by atoms with van der Waals surface area (Å²) >= 11 is 0. The SMILES string of the molecule is O=C(O)C(C1CCCCCC1)N1CCOCC1. The van der Waals surface area contributed by atoms with Crippen molar-refractivity contribution in [2.45, 2.75) is 44.6 Å². The number of carbonyl (C=O) groups is 1. The largest absolute Gasteiger partial charge is 0.480 e. The van der Waals surface area contributed by atoms with Crippen molar-refractivity contribution in [2.75, 3.05) is 26.3 Å². The van der Waals surface area contributed by atoms with E-state index in [0.717, 1.165) is 25.9 Å². The Hall–Kier alpha value is -0.610. The fraction of sp³-hybridized carbons (Fsp3) is 0.923. The predicted molar refractivity (Wildman–Crippen MR) is 65.0 cm³/mol. The van der Waals surface area contributed by atoms with Crippen LogP contribution in [0, 0.1) is 5.92 Å². The molecular weight excluding hydrogens is 218 g/mol. The van der Waals surface area contributed by atoms with Crippen LogP contribution in [-0.4, -0.2) is 48.3 Å². The van der Waals surface area contributed by atoms with Gasteiger partial charge in [0.1, 0.15) is 6.04 Å². The van der Waals surface area contributed by atoms with Gasteiger partial charge in [-0.05, 0) is 18.8 Å². The van der Waals surface area contributed by atoms with E-state index in [1.54, 1.807) is 0 Å². The molecule has 2 fully saturated rings. The maximum Gasteiger partial charge on any atom is 0.321 e. The van der Waals surface area contributed by atoms with Crippen LogP contribution in [0.3, 0.4) is 0 Å². The Morgan fingerprint density at radius 3 is 2.24 bits per heavy atom. The Morgan fingerprint density at radius 2 is 1.71 bits per heavy atom. The number of morpholine rings is 1. The van der Waals surface area contributed by atoms with Gasteiger partial charge in [-0.1, -0.05) is 25.7 Å². The highest BCUT2D eigenvalue weighted by atomic mass is 16.5. The van der Waals surface area contributed by atoms with Crippen LogP contribution in [0.4, 0.5) is 0 Å². The summed E-state index contributed by atoms with van der Waals surface area (Å²) in [6.45, 7) is 2.90. The lowest BCUT2D eigenvalue weighted by Crippen LogP contribution is -2.51. The third-order valence-corrected chi connectivity index (χ3v) is 4.04. The normalized spacial score (nSPS) is 26.4. The van der Waals surface area contributed by atoms with Gasteiger partial charge in [-0.2, -0.15) is 0 Å². The van der Waals surface area contributed by atoms with Crippen molar-refractivity contribution in [1.29, 1.82) is 0 Å². The molecule has 1 atom stereocenters. The molecule has 2 rings (SSSR count). The zero-order valence-electron chi connectivity index (χ0n) is 10.4. The van der Waals surface area contributed by atoms with Gasteiger partial charge in [0.2, 0.25) is 0 Å². The summed E-state index contributed by atoms with van der Waals surface area (Å²) in [5, 5.41) is 9.49. The van der Waals surface area contributed by atoms with Gasteiger partial charge in [-0.25, -0.2) is 0 Å². The number of hydrogen-bond donors (Lipinski definition) is 1. The highest BCUT2D eigenvalue weighted by Crippen LogP contribution is 2.28. The van der Waals surface area contributed by atoms with Crippen LogP contribution < -0.4 is 0 Å². The fourth-order valence-corrected chi connectivity index (χ4v) is 3.14. The van der Waals surface area contributed by atoms with Crippen LogP contribution >= 0.6 is 0 Å². The van der Waals surface area contributed by atoms with Gasteiger partial charge in [0, 0.05) is 13.1 Å². The molecule has 0 aromatic rings. The molecule has 17 heavy (non-hydrogen) atoms. The van der Waals surface area contributed by atoms with Crippen LogP contribution in [0.25, 0.3) is 0 Å². The van der Waals surface area contributed by atoms with Crippen molar-refractivity contribution in [2.24, 2.45) is 5.92 Å². The Kier molecular flexibility index (Phi) is 4.80. The molecule has 4 nitrogen and oxygen atoms in total. The van der Waals surface area contributed by atoms with Crippen molar-refractivity contribution in [3.8, 4) is 0 Å². The molecule has 4 heteroatoms. The average Bonchev–Trinajstić information content (AvgIpc) is 2.59. The van der Waals surface area contributed by atoms with Crippen LogP contribution in [0.2, 0.25) is 0 Å². The summed E-state index contributed by atoms with van der Waals surface area (Å²) < 4.78 is 5.31. The molecule has 1 unspecified atom stereocenters. The molecule has 1 saturated carbocycles. The van der Waals surface area contributed by atoms with E-state index in [4.69, 9.17) is 4.74 Å². The van der Waals surface area contributed by atoms with Crippen LogP contribution in [0.15, 0.2) is 0 Å². The molecule has 1 N–H and O–H groups in total. The lowest BCUT2D eigenvalue weighted by Gasteiger charge is -2.36. The summed E-state index contributed by atoms with van der Waals surface area (Å²) in [7, 11) is 0. The van der Waals surface area contributed by atoms with E-state index < -0.39 is 5.97 Å². The van der Waals surface area contributed by atoms with E-state index in [-0.39, 0.29) is 6.04 Å². The van der Waals surface area contributed by atoms with Crippen molar-refractivity contribution >= 4 is 5.97 Å². The van der Waals surface area contributed by atoms with E-state index in [1.165, 1.54) is 25.7 Å². The minimum absolute atomic E-state index is 0.281. The van der Waals surface area contributed by atoms with Gasteiger partial charge in [0.15, 0.2) is 0 Å². The Morgan fingerprint density at radius 1 is 1.12 bits per heavy atom. The summed E-state index contributed by atoms with van der Waals surface area (Å²) in [5.74, 6) is -0.299. The second-order valence-electron chi connectivity index (χ2n) is 5.18. The Balaban J connectivity index is 2.01. The summed E-state index contributed by atoms with van der Waals surface area (Å²) in [4.78, 5) is 13.6. The molecule has 98 valence electrons. The van der Waals surface area contributed by atoms with Crippen molar-refractivity contribution in [3.05, 3.63) is 0 Å². The third kappa shape index (κ3) is 3.42. The van der Waals surface area contributed by atoms with E-state index in [0.29, 0.717) is 19.1 Å². The summed E-state index contributed by atoms with van der Waals surface area (Å²) in [6, 6.07) is -0.281. The number of carboxylic acid groups (broad SMARTS) is 1. The first kappa shape index (κ1) is 12.8. The average molecular weight is 241 g/mol. The monoisotopic (exact) mass is 241 g/mol. The first-order valence-electron chi connectivity index (χ1n) is 6.83. The number of rotatable bonds is 3. The van der Waals surface area contributed by atoms with Crippen LogP contribution in [-0.2, 0) is 9.53 Å². The number of carboxylic acids is 1. The first-order chi connectivity index (χ1) is 8.29. The van der Waals surface area contributed by atoms with Gasteiger partial charge in [-0.15, -0.1) is 0 Å². The summed E-state index contributed by atoms with van der Waals surface area (Å²) in [6.07, 6.45) is 7.08. The standard InChI is InChI=1S/C13H23NO3/c15-13(16)12(14-7-9-17-10-8-14)11-5-3-1-2-4-6-11/h11-12H,1-10H2,(H,15,16). The van der Waals surface area contributed by atoms with E-state index >= 15 is 0 Å². The van der Waals surface area contributed by atoms with Crippen molar-refractivity contribution in [1.82, 2.24) is 4.90 Å². The van der Waals surface area contributed by atoms with Gasteiger partial charge in [0.25, 0.3) is 0 Å². The predicted octanol–water partition coefficient (Wildman–Crippen LogP) is 1.74. The molecule has 1 aliphatic heterocycles. The molecule has 0 amide bonds. The quantitative estimate of drug-likeness (QED) is 0.765. The van der Waals surface area contributed by atoms with E-state index in [2.05, 4.69) is 4.90 Å². The smallest absolute Gasteiger partial charge is 0.321 e. The molecule has 0 aromatic heterocycles. The third-order valence-electron chi connectivity index (χ3n) is 4.04. The zero-order valence-corrected chi connectivity index (χ0v) is 10.4. The molecule has 1 saturated heterocycles. The topological polar surface area (TPSA) is 49.8 Å². The summed E-state index contributed by atoms with van der Waals surface area (Å²) in [5.41, 5.74) is 0. The second kappa shape index (κ2) is 6.36. The molecular formula is C13H23NO3. The molecule has 1 heterocycles. The Labute approximate surface area is 103 Å². The highest BCUT2D eigenvalue weighted by molar-refractivity contribution is 5.74. The number of aliphatic carboxylic acids is 1. The number of hydrogen-bond acceptors (Lipinski definition) is 3. The Bertz CT molecular complexity index is 243. The lowest BCUT2D eigenvalue weighted by molar-refractivity contribution is -0.148. The van der Waals surface area contributed by atoms with Gasteiger partial charge in [-0.3, -0.25) is 9.69 Å². The molecule has 1 aliphatic carbocycles. The van der Waals surface area contributed by atoms with E-state index in [9.17, 15) is 9.90 Å². The highest BCUT2D eigenvalue weighted by Gasteiger charge is 2.34. The number of nitrogens with zero attached hydrogens (tertiary/aromatic N) is 1. The maximum atomic E-state index is 11.5. The first-order valence-corrected chi connectivity index (χ1v) is 6.83. The van der Waals surface area contributed by atoms with Gasteiger partial charge >= 0.3 is 5.97 Å². The van der Waals surface area contributed by atoms with Crippen molar-refractivity contribution < 1.29 is 14.6 Å². The van der Waals surface area contributed by atoms with Crippen LogP contribution in [0.1, 0.15) is 38.5 Å². The van der Waals surface area contributed by atoms with Gasteiger partial charge < -0.3 is 9.84 Å².